The molecule has 2 aromatic rings. The number of hydrogen-bond donors (Lipinski definition) is 0. The van der Waals surface area contributed by atoms with Crippen LogP contribution in [-0.2, 0) is 17.7 Å². The quantitative estimate of drug-likeness (QED) is 0.644. The fourth-order valence-corrected chi connectivity index (χ4v) is 3.25. The van der Waals surface area contributed by atoms with Crippen molar-refractivity contribution in [1.82, 2.24) is 4.90 Å². The molecule has 1 atom stereocenters. The van der Waals surface area contributed by atoms with Gasteiger partial charge >= 0.3 is 0 Å². The van der Waals surface area contributed by atoms with Crippen molar-refractivity contribution in [3.05, 3.63) is 65.2 Å². The molecule has 0 bridgehead atoms. The van der Waals surface area contributed by atoms with Crippen LogP contribution in [0.1, 0.15) is 33.2 Å². The second-order valence-electron chi connectivity index (χ2n) is 5.02. The van der Waals surface area contributed by atoms with E-state index in [0.29, 0.717) is 16.9 Å². The van der Waals surface area contributed by atoms with E-state index in [0.717, 1.165) is 10.5 Å². The highest BCUT2D eigenvalue weighted by atomic mass is 32.2. The Morgan fingerprint density at radius 1 is 0.955 bits per heavy atom. The number of rotatable bonds is 4. The average molecular weight is 313 g/mol. The molecular formula is C17H15NO3S. The molecule has 0 radical (unpaired) electrons. The van der Waals surface area contributed by atoms with Gasteiger partial charge in [-0.2, -0.15) is 0 Å². The Hall–Kier alpha value is -2.11. The molecule has 4 nitrogen and oxygen atoms in total. The highest BCUT2D eigenvalue weighted by Gasteiger charge is 2.34. The summed E-state index contributed by atoms with van der Waals surface area (Å²) < 4.78 is 11.7. The van der Waals surface area contributed by atoms with Gasteiger partial charge in [-0.05, 0) is 47.9 Å². The SMILES string of the molecule is CC[S+]([O-])c1ccc(CN2C(=O)c3ccccc3C2=O)cc1. The van der Waals surface area contributed by atoms with E-state index in [1.807, 2.05) is 19.1 Å². The first-order chi connectivity index (χ1) is 10.6. The zero-order valence-corrected chi connectivity index (χ0v) is 12.9. The van der Waals surface area contributed by atoms with Gasteiger partial charge in [0, 0.05) is 0 Å². The first-order valence-electron chi connectivity index (χ1n) is 7.04. The normalized spacial score (nSPS) is 15.1. The molecule has 0 saturated carbocycles. The minimum absolute atomic E-state index is 0.228. The van der Waals surface area contributed by atoms with Gasteiger partial charge in [0.15, 0.2) is 4.90 Å². The van der Waals surface area contributed by atoms with E-state index in [2.05, 4.69) is 0 Å². The molecule has 0 aliphatic carbocycles. The van der Waals surface area contributed by atoms with Crippen LogP contribution in [0, 0.1) is 0 Å². The Labute approximate surface area is 131 Å². The van der Waals surface area contributed by atoms with E-state index in [4.69, 9.17) is 0 Å². The van der Waals surface area contributed by atoms with Gasteiger partial charge < -0.3 is 4.55 Å². The van der Waals surface area contributed by atoms with Gasteiger partial charge in [0.1, 0.15) is 5.75 Å². The Balaban J connectivity index is 1.80. The van der Waals surface area contributed by atoms with Crippen LogP contribution in [0.25, 0.3) is 0 Å². The summed E-state index contributed by atoms with van der Waals surface area (Å²) in [4.78, 5) is 26.6. The topological polar surface area (TPSA) is 60.4 Å². The molecule has 3 rings (SSSR count). The van der Waals surface area contributed by atoms with E-state index >= 15 is 0 Å². The molecule has 1 aliphatic heterocycles. The van der Waals surface area contributed by atoms with Crippen molar-refractivity contribution in [2.45, 2.75) is 18.4 Å². The average Bonchev–Trinajstić information content (AvgIpc) is 2.80. The van der Waals surface area contributed by atoms with Crippen molar-refractivity contribution in [2.75, 3.05) is 5.75 Å². The lowest BCUT2D eigenvalue weighted by molar-refractivity contribution is 0.0642. The Morgan fingerprint density at radius 3 is 2.00 bits per heavy atom. The molecule has 0 spiro atoms. The Kier molecular flexibility index (Phi) is 4.00. The van der Waals surface area contributed by atoms with E-state index < -0.39 is 11.2 Å². The Morgan fingerprint density at radius 2 is 1.50 bits per heavy atom. The van der Waals surface area contributed by atoms with Gasteiger partial charge in [-0.1, -0.05) is 24.3 Å². The first kappa shape index (κ1) is 14.8. The van der Waals surface area contributed by atoms with Crippen molar-refractivity contribution in [3.63, 3.8) is 0 Å². The molecule has 5 heteroatoms. The van der Waals surface area contributed by atoms with Crippen LogP contribution in [0.2, 0.25) is 0 Å². The van der Waals surface area contributed by atoms with Crippen molar-refractivity contribution in [1.29, 1.82) is 0 Å². The largest absolute Gasteiger partial charge is 0.611 e. The molecule has 0 N–H and O–H groups in total. The van der Waals surface area contributed by atoms with E-state index in [9.17, 15) is 14.1 Å². The van der Waals surface area contributed by atoms with Gasteiger partial charge in [-0.25, -0.2) is 0 Å². The minimum Gasteiger partial charge on any atom is -0.611 e. The van der Waals surface area contributed by atoms with Gasteiger partial charge in [0.05, 0.1) is 17.7 Å². The van der Waals surface area contributed by atoms with Crippen LogP contribution >= 0.6 is 0 Å². The van der Waals surface area contributed by atoms with E-state index in [-0.39, 0.29) is 18.4 Å². The van der Waals surface area contributed by atoms with Crippen LogP contribution in [0.4, 0.5) is 0 Å². The van der Waals surface area contributed by atoms with Crippen LogP contribution in [0.15, 0.2) is 53.4 Å². The summed E-state index contributed by atoms with van der Waals surface area (Å²) in [6.07, 6.45) is 0. The maximum Gasteiger partial charge on any atom is 0.261 e. The van der Waals surface area contributed by atoms with Gasteiger partial charge in [-0.3, -0.25) is 14.5 Å². The second-order valence-corrected chi connectivity index (χ2v) is 6.76. The van der Waals surface area contributed by atoms with Crippen molar-refractivity contribution in [3.8, 4) is 0 Å². The van der Waals surface area contributed by atoms with Crippen molar-refractivity contribution in [2.24, 2.45) is 0 Å². The zero-order chi connectivity index (χ0) is 15.7. The van der Waals surface area contributed by atoms with Crippen LogP contribution in [0.5, 0.6) is 0 Å². The number of benzene rings is 2. The van der Waals surface area contributed by atoms with Gasteiger partial charge in [-0.15, -0.1) is 0 Å². The monoisotopic (exact) mass is 313 g/mol. The number of imide groups is 1. The van der Waals surface area contributed by atoms with E-state index in [1.165, 1.54) is 4.90 Å². The highest BCUT2D eigenvalue weighted by molar-refractivity contribution is 7.91. The summed E-state index contributed by atoms with van der Waals surface area (Å²) >= 11 is -0.997. The summed E-state index contributed by atoms with van der Waals surface area (Å²) in [5.41, 5.74) is 1.75. The number of fused-ring (bicyclic) bond motifs is 1. The molecule has 0 aromatic heterocycles. The zero-order valence-electron chi connectivity index (χ0n) is 12.1. The lowest BCUT2D eigenvalue weighted by Gasteiger charge is -2.14. The molecule has 112 valence electrons. The maximum absolute atomic E-state index is 12.3. The molecule has 0 fully saturated rings. The second kappa shape index (κ2) is 5.94. The number of amides is 2. The first-order valence-corrected chi connectivity index (χ1v) is 8.36. The van der Waals surface area contributed by atoms with Crippen LogP contribution < -0.4 is 0 Å². The lowest BCUT2D eigenvalue weighted by atomic mass is 10.1. The molecule has 2 amide bonds. The fraction of sp³-hybridized carbons (Fsp3) is 0.176. The summed E-state index contributed by atoms with van der Waals surface area (Å²) in [5.74, 6) is 0.0428. The lowest BCUT2D eigenvalue weighted by Crippen LogP contribution is -2.29. The number of nitrogens with zero attached hydrogens (tertiary/aromatic N) is 1. The molecule has 22 heavy (non-hydrogen) atoms. The number of carbonyl (C=O) groups is 2. The smallest absolute Gasteiger partial charge is 0.261 e. The Bertz CT molecular complexity index is 692. The third-order valence-electron chi connectivity index (χ3n) is 3.67. The predicted octanol–water partition coefficient (Wildman–Crippen LogP) is 2.61. The van der Waals surface area contributed by atoms with Crippen molar-refractivity contribution >= 4 is 23.0 Å². The molecule has 2 aromatic carbocycles. The molecule has 0 saturated heterocycles. The van der Waals surface area contributed by atoms with Crippen LogP contribution in [-0.4, -0.2) is 27.0 Å². The standard InChI is InChI=1S/C17H15NO3S/c1-2-22(21)13-9-7-12(8-10-13)11-18-16(19)14-5-3-4-6-15(14)17(18)20/h3-10H,2,11H2,1H3. The number of hydrogen-bond acceptors (Lipinski definition) is 3. The number of carbonyl (C=O) groups excluding carboxylic acids is 2. The maximum atomic E-state index is 12.3. The molecule has 1 heterocycles. The molecule has 1 aliphatic rings. The minimum atomic E-state index is -0.997. The highest BCUT2D eigenvalue weighted by Crippen LogP contribution is 2.24. The summed E-state index contributed by atoms with van der Waals surface area (Å²) in [6.45, 7) is 2.09. The predicted molar refractivity (Wildman–Crippen MR) is 84.0 cm³/mol. The summed E-state index contributed by atoms with van der Waals surface area (Å²) in [7, 11) is 0. The van der Waals surface area contributed by atoms with Gasteiger partial charge in [0.25, 0.3) is 11.8 Å². The fourth-order valence-electron chi connectivity index (χ4n) is 2.48. The third-order valence-corrected chi connectivity index (χ3v) is 4.99. The van der Waals surface area contributed by atoms with Gasteiger partial charge in [0.2, 0.25) is 0 Å². The third kappa shape index (κ3) is 2.53. The van der Waals surface area contributed by atoms with Crippen LogP contribution in [0.3, 0.4) is 0 Å². The summed E-state index contributed by atoms with van der Waals surface area (Å²) in [6, 6.07) is 14.0. The molecule has 1 unspecified atom stereocenters. The van der Waals surface area contributed by atoms with Crippen molar-refractivity contribution < 1.29 is 14.1 Å². The van der Waals surface area contributed by atoms with E-state index in [1.54, 1.807) is 36.4 Å². The summed E-state index contributed by atoms with van der Waals surface area (Å²) in [5, 5.41) is 0. The molecular weight excluding hydrogens is 298 g/mol.